The second-order valence-corrected chi connectivity index (χ2v) is 3.38. The Balaban J connectivity index is 2.03. The van der Waals surface area contributed by atoms with Crippen LogP contribution in [0.3, 0.4) is 0 Å². The van der Waals surface area contributed by atoms with Crippen molar-refractivity contribution >= 4 is 0 Å². The van der Waals surface area contributed by atoms with Crippen molar-refractivity contribution in [2.75, 3.05) is 20.3 Å². The van der Waals surface area contributed by atoms with Gasteiger partial charge in [-0.1, -0.05) is 0 Å². The Morgan fingerprint density at radius 1 is 1.77 bits per heavy atom. The van der Waals surface area contributed by atoms with Crippen LogP contribution in [0.4, 0.5) is 0 Å². The Kier molecular flexibility index (Phi) is 2.61. The van der Waals surface area contributed by atoms with Crippen LogP contribution in [0.15, 0.2) is 12.4 Å². The summed E-state index contributed by atoms with van der Waals surface area (Å²) < 4.78 is 7.32. The third kappa shape index (κ3) is 1.89. The molecule has 1 atom stereocenters. The predicted molar refractivity (Wildman–Crippen MR) is 49.5 cm³/mol. The second-order valence-electron chi connectivity index (χ2n) is 3.38. The molecule has 1 fully saturated rings. The summed E-state index contributed by atoms with van der Waals surface area (Å²) in [6.45, 7) is 2.56. The molecule has 13 heavy (non-hydrogen) atoms. The molecule has 0 aromatic carbocycles. The lowest BCUT2D eigenvalue weighted by molar-refractivity contribution is 0.184. The van der Waals surface area contributed by atoms with Gasteiger partial charge in [-0.3, -0.25) is 4.68 Å². The molecule has 1 saturated heterocycles. The minimum Gasteiger partial charge on any atom is -0.379 e. The summed E-state index contributed by atoms with van der Waals surface area (Å²) in [4.78, 5) is 0. The van der Waals surface area contributed by atoms with Crippen LogP contribution in [-0.4, -0.2) is 30.0 Å². The maximum absolute atomic E-state index is 5.30. The molecule has 2 heterocycles. The molecular weight excluding hydrogens is 166 g/mol. The van der Waals surface area contributed by atoms with Crippen LogP contribution in [0.25, 0.3) is 0 Å². The average Bonchev–Trinajstić information content (AvgIpc) is 2.70. The summed E-state index contributed by atoms with van der Waals surface area (Å²) in [5, 5.41) is 7.42. The van der Waals surface area contributed by atoms with E-state index in [1.54, 1.807) is 0 Å². The van der Waals surface area contributed by atoms with Crippen molar-refractivity contribution in [1.82, 2.24) is 15.1 Å². The van der Waals surface area contributed by atoms with Gasteiger partial charge in [0, 0.05) is 24.9 Å². The van der Waals surface area contributed by atoms with Crippen molar-refractivity contribution in [1.29, 1.82) is 0 Å². The molecule has 0 aliphatic carbocycles. The lowest BCUT2D eigenvalue weighted by Gasteiger charge is -2.06. The van der Waals surface area contributed by atoms with E-state index in [1.165, 1.54) is 5.56 Å². The van der Waals surface area contributed by atoms with Crippen LogP contribution >= 0.6 is 0 Å². The number of rotatable bonds is 3. The molecule has 0 spiro atoms. The van der Waals surface area contributed by atoms with Crippen LogP contribution in [0.5, 0.6) is 0 Å². The number of hydrogen-bond donors (Lipinski definition) is 1. The first kappa shape index (κ1) is 8.72. The summed E-state index contributed by atoms with van der Waals surface area (Å²) >= 11 is 0. The SMILES string of the molecule is CNCc1cnn([C@@H]2CCOC2)c1. The highest BCUT2D eigenvalue weighted by Crippen LogP contribution is 2.17. The van der Waals surface area contributed by atoms with Crippen LogP contribution < -0.4 is 5.32 Å². The highest BCUT2D eigenvalue weighted by molar-refractivity contribution is 5.04. The first-order valence-electron chi connectivity index (χ1n) is 4.65. The summed E-state index contributed by atoms with van der Waals surface area (Å²) in [5.74, 6) is 0. The molecule has 4 nitrogen and oxygen atoms in total. The van der Waals surface area contributed by atoms with E-state index < -0.39 is 0 Å². The Morgan fingerprint density at radius 3 is 3.38 bits per heavy atom. The number of ether oxygens (including phenoxy) is 1. The first-order chi connectivity index (χ1) is 6.40. The van der Waals surface area contributed by atoms with E-state index in [9.17, 15) is 0 Å². The largest absolute Gasteiger partial charge is 0.379 e. The number of aromatic nitrogens is 2. The van der Waals surface area contributed by atoms with Crippen molar-refractivity contribution in [3.8, 4) is 0 Å². The zero-order chi connectivity index (χ0) is 9.10. The molecule has 0 bridgehead atoms. The summed E-state index contributed by atoms with van der Waals surface area (Å²) in [5.41, 5.74) is 1.23. The molecule has 1 aliphatic rings. The molecule has 1 aliphatic heterocycles. The summed E-state index contributed by atoms with van der Waals surface area (Å²) in [6.07, 6.45) is 5.09. The van der Waals surface area contributed by atoms with E-state index in [-0.39, 0.29) is 0 Å². The van der Waals surface area contributed by atoms with E-state index in [4.69, 9.17) is 4.74 Å². The topological polar surface area (TPSA) is 39.1 Å². The molecule has 72 valence electrons. The monoisotopic (exact) mass is 181 g/mol. The summed E-state index contributed by atoms with van der Waals surface area (Å²) in [6, 6.07) is 0.450. The Bertz CT molecular complexity index is 266. The van der Waals surface area contributed by atoms with E-state index in [2.05, 4.69) is 16.6 Å². The van der Waals surface area contributed by atoms with Crippen molar-refractivity contribution < 1.29 is 4.74 Å². The highest BCUT2D eigenvalue weighted by atomic mass is 16.5. The normalized spacial score (nSPS) is 22.4. The van der Waals surface area contributed by atoms with Crippen molar-refractivity contribution in [2.24, 2.45) is 0 Å². The third-order valence-corrected chi connectivity index (χ3v) is 2.32. The minimum absolute atomic E-state index is 0.450. The van der Waals surface area contributed by atoms with Gasteiger partial charge < -0.3 is 10.1 Å². The van der Waals surface area contributed by atoms with Gasteiger partial charge in [0.1, 0.15) is 0 Å². The van der Waals surface area contributed by atoms with Crippen molar-refractivity contribution in [3.63, 3.8) is 0 Å². The van der Waals surface area contributed by atoms with Gasteiger partial charge in [0.05, 0.1) is 18.8 Å². The van der Waals surface area contributed by atoms with E-state index in [1.807, 2.05) is 17.9 Å². The molecule has 1 aromatic heterocycles. The van der Waals surface area contributed by atoms with Gasteiger partial charge in [-0.25, -0.2) is 0 Å². The number of hydrogen-bond acceptors (Lipinski definition) is 3. The van der Waals surface area contributed by atoms with E-state index in [0.29, 0.717) is 6.04 Å². The van der Waals surface area contributed by atoms with E-state index in [0.717, 1.165) is 26.2 Å². The Hall–Kier alpha value is -0.870. The third-order valence-electron chi connectivity index (χ3n) is 2.32. The van der Waals surface area contributed by atoms with Gasteiger partial charge in [0.25, 0.3) is 0 Å². The standard InChI is InChI=1S/C9H15N3O/c1-10-4-8-5-11-12(6-8)9-2-3-13-7-9/h5-6,9-10H,2-4,7H2,1H3/t9-/m1/s1. The van der Waals surface area contributed by atoms with E-state index >= 15 is 0 Å². The van der Waals surface area contributed by atoms with Crippen molar-refractivity contribution in [3.05, 3.63) is 18.0 Å². The fourth-order valence-corrected chi connectivity index (χ4v) is 1.60. The molecule has 4 heteroatoms. The van der Waals surface area contributed by atoms with Crippen LogP contribution in [-0.2, 0) is 11.3 Å². The maximum atomic E-state index is 5.30. The van der Waals surface area contributed by atoms with Gasteiger partial charge in [-0.05, 0) is 13.5 Å². The Labute approximate surface area is 77.9 Å². The van der Waals surface area contributed by atoms with Crippen LogP contribution in [0, 0.1) is 0 Å². The number of nitrogens with zero attached hydrogens (tertiary/aromatic N) is 2. The first-order valence-corrected chi connectivity index (χ1v) is 4.65. The molecule has 0 radical (unpaired) electrons. The quantitative estimate of drug-likeness (QED) is 0.740. The maximum Gasteiger partial charge on any atom is 0.0774 e. The Morgan fingerprint density at radius 2 is 2.69 bits per heavy atom. The van der Waals surface area contributed by atoms with Gasteiger partial charge >= 0.3 is 0 Å². The molecule has 1 N–H and O–H groups in total. The number of nitrogens with one attached hydrogen (secondary N) is 1. The molecular formula is C9H15N3O. The van der Waals surface area contributed by atoms with Crippen molar-refractivity contribution in [2.45, 2.75) is 19.0 Å². The predicted octanol–water partition coefficient (Wildman–Crippen LogP) is 0.564. The van der Waals surface area contributed by atoms with Gasteiger partial charge in [0.2, 0.25) is 0 Å². The molecule has 1 aromatic rings. The highest BCUT2D eigenvalue weighted by Gasteiger charge is 2.17. The molecule has 2 rings (SSSR count). The van der Waals surface area contributed by atoms with Crippen LogP contribution in [0.1, 0.15) is 18.0 Å². The fourth-order valence-electron chi connectivity index (χ4n) is 1.60. The molecule has 0 amide bonds. The lowest BCUT2D eigenvalue weighted by atomic mass is 10.3. The second kappa shape index (κ2) is 3.89. The fraction of sp³-hybridized carbons (Fsp3) is 0.667. The molecule has 0 saturated carbocycles. The smallest absolute Gasteiger partial charge is 0.0774 e. The van der Waals surface area contributed by atoms with Gasteiger partial charge in [-0.15, -0.1) is 0 Å². The van der Waals surface area contributed by atoms with Gasteiger partial charge in [0.15, 0.2) is 0 Å². The van der Waals surface area contributed by atoms with Gasteiger partial charge in [-0.2, -0.15) is 5.10 Å². The summed E-state index contributed by atoms with van der Waals surface area (Å²) in [7, 11) is 1.94. The lowest BCUT2D eigenvalue weighted by Crippen LogP contribution is -2.09. The minimum atomic E-state index is 0.450. The zero-order valence-electron chi connectivity index (χ0n) is 7.86. The van der Waals surface area contributed by atoms with Crippen LogP contribution in [0.2, 0.25) is 0 Å². The molecule has 0 unspecified atom stereocenters. The zero-order valence-corrected chi connectivity index (χ0v) is 7.86. The average molecular weight is 181 g/mol.